The van der Waals surface area contributed by atoms with Gasteiger partial charge in [-0.2, -0.15) is 0 Å². The molecule has 0 fully saturated rings. The van der Waals surface area contributed by atoms with E-state index in [1.807, 2.05) is 0 Å². The van der Waals surface area contributed by atoms with Crippen LogP contribution in [0.2, 0.25) is 0 Å². The molecule has 0 saturated carbocycles. The number of nitrogens with one attached hydrogen (secondary N) is 1. The molecule has 0 spiro atoms. The molecule has 0 radical (unpaired) electrons. The maximum atomic E-state index is 11.4. The van der Waals surface area contributed by atoms with Crippen LogP contribution in [0.4, 0.5) is 0 Å². The van der Waals surface area contributed by atoms with Gasteiger partial charge in [-0.3, -0.25) is 9.59 Å². The van der Waals surface area contributed by atoms with Gasteiger partial charge in [0.1, 0.15) is 0 Å². The van der Waals surface area contributed by atoms with Crippen LogP contribution in [-0.4, -0.2) is 11.8 Å². The Labute approximate surface area is 101 Å². The van der Waals surface area contributed by atoms with E-state index in [0.717, 1.165) is 18.4 Å². The van der Waals surface area contributed by atoms with Crippen molar-refractivity contribution in [2.24, 2.45) is 5.73 Å². The molecule has 1 aromatic rings. The van der Waals surface area contributed by atoms with Crippen molar-refractivity contribution >= 4 is 11.8 Å². The first-order chi connectivity index (χ1) is 8.13. The van der Waals surface area contributed by atoms with Gasteiger partial charge >= 0.3 is 0 Å². The predicted octanol–water partition coefficient (Wildman–Crippen LogP) is 1.59. The molecule has 0 aromatic heterocycles. The Balaban J connectivity index is 2.42. The van der Waals surface area contributed by atoms with Crippen molar-refractivity contribution < 1.29 is 9.59 Å². The van der Waals surface area contributed by atoms with E-state index in [9.17, 15) is 9.59 Å². The number of nitrogens with two attached hydrogens (primary N) is 1. The maximum absolute atomic E-state index is 11.4. The van der Waals surface area contributed by atoms with Gasteiger partial charge in [0, 0.05) is 18.5 Å². The van der Waals surface area contributed by atoms with Gasteiger partial charge in [-0.25, -0.2) is 0 Å². The fourth-order valence-electron chi connectivity index (χ4n) is 1.41. The molecule has 0 atom stereocenters. The van der Waals surface area contributed by atoms with Crippen LogP contribution in [0.3, 0.4) is 0 Å². The van der Waals surface area contributed by atoms with Gasteiger partial charge in [0.15, 0.2) is 0 Å². The summed E-state index contributed by atoms with van der Waals surface area (Å²) in [5.41, 5.74) is 6.57. The normalized spacial score (nSPS) is 9.94. The Morgan fingerprint density at radius 1 is 1.24 bits per heavy atom. The quantitative estimate of drug-likeness (QED) is 0.784. The Morgan fingerprint density at radius 3 is 2.41 bits per heavy atom. The second kappa shape index (κ2) is 6.68. The SMILES string of the molecule is CCCCC(=O)NCc1ccc(C(N)=O)cc1. The van der Waals surface area contributed by atoms with Gasteiger partial charge in [0.25, 0.3) is 0 Å². The zero-order chi connectivity index (χ0) is 12.7. The third-order valence-electron chi connectivity index (χ3n) is 2.49. The van der Waals surface area contributed by atoms with Crippen LogP contribution in [0.15, 0.2) is 24.3 Å². The van der Waals surface area contributed by atoms with E-state index < -0.39 is 5.91 Å². The summed E-state index contributed by atoms with van der Waals surface area (Å²) in [7, 11) is 0. The van der Waals surface area contributed by atoms with E-state index in [1.165, 1.54) is 0 Å². The minimum absolute atomic E-state index is 0.0610. The molecule has 0 unspecified atom stereocenters. The zero-order valence-corrected chi connectivity index (χ0v) is 10.0. The van der Waals surface area contributed by atoms with Crippen molar-refractivity contribution in [3.05, 3.63) is 35.4 Å². The minimum atomic E-state index is -0.441. The molecule has 2 amide bonds. The van der Waals surface area contributed by atoms with Gasteiger partial charge in [-0.05, 0) is 24.1 Å². The average Bonchev–Trinajstić information content (AvgIpc) is 2.34. The van der Waals surface area contributed by atoms with E-state index in [1.54, 1.807) is 24.3 Å². The molecule has 1 aromatic carbocycles. The summed E-state index contributed by atoms with van der Waals surface area (Å²) in [4.78, 5) is 22.2. The van der Waals surface area contributed by atoms with Gasteiger partial charge in [-0.15, -0.1) is 0 Å². The van der Waals surface area contributed by atoms with E-state index >= 15 is 0 Å². The highest BCUT2D eigenvalue weighted by Gasteiger charge is 2.02. The van der Waals surface area contributed by atoms with Crippen molar-refractivity contribution in [3.8, 4) is 0 Å². The standard InChI is InChI=1S/C13H18N2O2/c1-2-3-4-12(16)15-9-10-5-7-11(8-6-10)13(14)17/h5-8H,2-4,9H2,1H3,(H2,14,17)(H,15,16). The van der Waals surface area contributed by atoms with E-state index in [2.05, 4.69) is 12.2 Å². The lowest BCUT2D eigenvalue weighted by Crippen LogP contribution is -2.22. The maximum Gasteiger partial charge on any atom is 0.248 e. The van der Waals surface area contributed by atoms with E-state index in [0.29, 0.717) is 18.5 Å². The van der Waals surface area contributed by atoms with Crippen LogP contribution in [0, 0.1) is 0 Å². The third kappa shape index (κ3) is 4.68. The topological polar surface area (TPSA) is 72.2 Å². The first-order valence-electron chi connectivity index (χ1n) is 5.79. The number of benzene rings is 1. The molecule has 4 nitrogen and oxygen atoms in total. The first kappa shape index (κ1) is 13.2. The Bertz CT molecular complexity index is 385. The molecule has 0 aliphatic rings. The lowest BCUT2D eigenvalue weighted by Gasteiger charge is -2.05. The Hall–Kier alpha value is -1.84. The fourth-order valence-corrected chi connectivity index (χ4v) is 1.41. The lowest BCUT2D eigenvalue weighted by molar-refractivity contribution is -0.121. The number of unbranched alkanes of at least 4 members (excludes halogenated alkanes) is 1. The molecule has 1 rings (SSSR count). The van der Waals surface area contributed by atoms with Crippen LogP contribution in [-0.2, 0) is 11.3 Å². The highest BCUT2D eigenvalue weighted by atomic mass is 16.1. The van der Waals surface area contributed by atoms with Crippen LogP contribution < -0.4 is 11.1 Å². The van der Waals surface area contributed by atoms with Crippen LogP contribution in [0.25, 0.3) is 0 Å². The van der Waals surface area contributed by atoms with Crippen molar-refractivity contribution in [1.82, 2.24) is 5.32 Å². The smallest absolute Gasteiger partial charge is 0.248 e. The van der Waals surface area contributed by atoms with Crippen molar-refractivity contribution in [3.63, 3.8) is 0 Å². The second-order valence-corrected chi connectivity index (χ2v) is 3.94. The predicted molar refractivity (Wildman–Crippen MR) is 66.3 cm³/mol. The van der Waals surface area contributed by atoms with Gasteiger partial charge in [0.05, 0.1) is 0 Å². The average molecular weight is 234 g/mol. The van der Waals surface area contributed by atoms with Crippen LogP contribution in [0.1, 0.15) is 42.1 Å². The number of rotatable bonds is 6. The molecule has 0 aliphatic heterocycles. The molecule has 0 saturated heterocycles. The third-order valence-corrected chi connectivity index (χ3v) is 2.49. The molecular weight excluding hydrogens is 216 g/mol. The second-order valence-electron chi connectivity index (χ2n) is 3.94. The zero-order valence-electron chi connectivity index (χ0n) is 10.0. The fraction of sp³-hybridized carbons (Fsp3) is 0.385. The molecule has 0 aliphatic carbocycles. The van der Waals surface area contributed by atoms with E-state index in [-0.39, 0.29) is 5.91 Å². The summed E-state index contributed by atoms with van der Waals surface area (Å²) < 4.78 is 0. The van der Waals surface area contributed by atoms with Crippen molar-refractivity contribution in [2.45, 2.75) is 32.7 Å². The summed E-state index contributed by atoms with van der Waals surface area (Å²) in [6.45, 7) is 2.54. The minimum Gasteiger partial charge on any atom is -0.366 e. The molecule has 3 N–H and O–H groups in total. The van der Waals surface area contributed by atoms with Gasteiger partial charge in [-0.1, -0.05) is 25.5 Å². The number of amides is 2. The Kier molecular flexibility index (Phi) is 5.20. The highest BCUT2D eigenvalue weighted by molar-refractivity contribution is 5.92. The van der Waals surface area contributed by atoms with Gasteiger partial charge < -0.3 is 11.1 Å². The summed E-state index contributed by atoms with van der Waals surface area (Å²) in [5, 5.41) is 2.83. The molecule has 92 valence electrons. The van der Waals surface area contributed by atoms with Crippen molar-refractivity contribution in [2.75, 3.05) is 0 Å². The molecule has 4 heteroatoms. The summed E-state index contributed by atoms with van der Waals surface area (Å²) in [6, 6.07) is 6.91. The number of primary amides is 1. The van der Waals surface area contributed by atoms with Crippen LogP contribution in [0.5, 0.6) is 0 Å². The van der Waals surface area contributed by atoms with Gasteiger partial charge in [0.2, 0.25) is 11.8 Å². The number of carbonyl (C=O) groups is 2. The summed E-state index contributed by atoms with van der Waals surface area (Å²) >= 11 is 0. The molecule has 0 bridgehead atoms. The Morgan fingerprint density at radius 2 is 1.88 bits per heavy atom. The largest absolute Gasteiger partial charge is 0.366 e. The molecule has 0 heterocycles. The molecule has 17 heavy (non-hydrogen) atoms. The monoisotopic (exact) mass is 234 g/mol. The summed E-state index contributed by atoms with van der Waals surface area (Å²) in [6.07, 6.45) is 2.49. The number of hydrogen-bond donors (Lipinski definition) is 2. The highest BCUT2D eigenvalue weighted by Crippen LogP contribution is 2.04. The van der Waals surface area contributed by atoms with Crippen LogP contribution >= 0.6 is 0 Å². The lowest BCUT2D eigenvalue weighted by atomic mass is 10.1. The summed E-state index contributed by atoms with van der Waals surface area (Å²) in [5.74, 6) is -0.380. The first-order valence-corrected chi connectivity index (χ1v) is 5.79. The number of carbonyl (C=O) groups excluding carboxylic acids is 2. The van der Waals surface area contributed by atoms with Crippen molar-refractivity contribution in [1.29, 1.82) is 0 Å². The molecular formula is C13H18N2O2. The van der Waals surface area contributed by atoms with E-state index in [4.69, 9.17) is 5.73 Å². The number of hydrogen-bond acceptors (Lipinski definition) is 2.